The van der Waals surface area contributed by atoms with Gasteiger partial charge >= 0.3 is 5.97 Å². The monoisotopic (exact) mass is 296 g/mol. The number of benzene rings is 1. The molecule has 1 aliphatic rings. The number of thioether (sulfide) groups is 1. The molecule has 2 rings (SSSR count). The number of carboxylic acid groups (broad SMARTS) is 1. The zero-order valence-corrected chi connectivity index (χ0v) is 12.8. The highest BCUT2D eigenvalue weighted by Gasteiger charge is 2.35. The van der Waals surface area contributed by atoms with Crippen LogP contribution in [0.15, 0.2) is 17.0 Å². The fourth-order valence-corrected chi connectivity index (χ4v) is 3.46. The van der Waals surface area contributed by atoms with Gasteiger partial charge in [0.2, 0.25) is 0 Å². The Hall–Kier alpha value is -1.36. The Labute approximate surface area is 123 Å². The fraction of sp³-hybridized carbons (Fsp3) is 0.533. The van der Waals surface area contributed by atoms with Crippen LogP contribution in [0.1, 0.15) is 30.7 Å². The molecule has 0 amide bonds. The molecule has 1 fully saturated rings. The summed E-state index contributed by atoms with van der Waals surface area (Å²) in [5, 5.41) is 9.15. The standard InChI is InChI=1S/C15H20O4S/c1-18-12-7-6-10(15(20-3)14(12)19-2)11(8-13(16)17)9-4-5-9/h6-7,9,11H,4-5,8H2,1-3H3,(H,16,17). The summed E-state index contributed by atoms with van der Waals surface area (Å²) in [6, 6.07) is 3.85. The summed E-state index contributed by atoms with van der Waals surface area (Å²) in [5.74, 6) is 1.19. The SMILES string of the molecule is COc1ccc(C(CC(=O)O)C2CC2)c(SC)c1OC. The van der Waals surface area contributed by atoms with Gasteiger partial charge in [0.25, 0.3) is 0 Å². The first kappa shape index (κ1) is 15.0. The molecule has 0 bridgehead atoms. The summed E-state index contributed by atoms with van der Waals surface area (Å²) in [6.45, 7) is 0. The van der Waals surface area contributed by atoms with Gasteiger partial charge in [-0.3, -0.25) is 4.79 Å². The van der Waals surface area contributed by atoms with Gasteiger partial charge in [-0.1, -0.05) is 6.07 Å². The molecule has 1 atom stereocenters. The topological polar surface area (TPSA) is 55.8 Å². The molecule has 1 unspecified atom stereocenters. The quantitative estimate of drug-likeness (QED) is 0.782. The molecule has 0 spiro atoms. The molecule has 5 heteroatoms. The van der Waals surface area contributed by atoms with Crippen LogP contribution >= 0.6 is 11.8 Å². The van der Waals surface area contributed by atoms with E-state index < -0.39 is 5.97 Å². The van der Waals surface area contributed by atoms with Crippen molar-refractivity contribution in [3.63, 3.8) is 0 Å². The second-order valence-electron chi connectivity index (χ2n) is 4.97. The third kappa shape index (κ3) is 3.03. The van der Waals surface area contributed by atoms with Crippen molar-refractivity contribution in [2.24, 2.45) is 5.92 Å². The van der Waals surface area contributed by atoms with Gasteiger partial charge in [-0.05, 0) is 42.6 Å². The zero-order chi connectivity index (χ0) is 14.7. The maximum Gasteiger partial charge on any atom is 0.303 e. The first-order chi connectivity index (χ1) is 9.62. The second kappa shape index (κ2) is 6.39. The summed E-state index contributed by atoms with van der Waals surface area (Å²) in [4.78, 5) is 12.1. The fourth-order valence-electron chi connectivity index (χ4n) is 2.63. The van der Waals surface area contributed by atoms with E-state index in [-0.39, 0.29) is 12.3 Å². The molecule has 1 aromatic rings. The van der Waals surface area contributed by atoms with E-state index in [1.54, 1.807) is 26.0 Å². The van der Waals surface area contributed by atoms with Crippen LogP contribution in [0.3, 0.4) is 0 Å². The van der Waals surface area contributed by atoms with Crippen molar-refractivity contribution < 1.29 is 19.4 Å². The molecule has 1 saturated carbocycles. The number of carbonyl (C=O) groups is 1. The number of rotatable bonds is 7. The lowest BCUT2D eigenvalue weighted by molar-refractivity contribution is -0.137. The van der Waals surface area contributed by atoms with E-state index in [4.69, 9.17) is 14.6 Å². The first-order valence-electron chi connectivity index (χ1n) is 6.63. The molecule has 0 heterocycles. The normalized spacial score (nSPS) is 15.8. The zero-order valence-electron chi connectivity index (χ0n) is 12.0. The summed E-state index contributed by atoms with van der Waals surface area (Å²) < 4.78 is 10.8. The van der Waals surface area contributed by atoms with E-state index in [2.05, 4.69) is 0 Å². The smallest absolute Gasteiger partial charge is 0.303 e. The number of hydrogen-bond donors (Lipinski definition) is 1. The molecule has 1 N–H and O–H groups in total. The average Bonchev–Trinajstić information content (AvgIpc) is 3.27. The summed E-state index contributed by atoms with van der Waals surface area (Å²) in [5.41, 5.74) is 1.07. The Bertz CT molecular complexity index is 497. The predicted molar refractivity (Wildman–Crippen MR) is 79.0 cm³/mol. The van der Waals surface area contributed by atoms with Gasteiger partial charge in [-0.25, -0.2) is 0 Å². The van der Waals surface area contributed by atoms with E-state index >= 15 is 0 Å². The maximum atomic E-state index is 11.1. The summed E-state index contributed by atoms with van der Waals surface area (Å²) >= 11 is 1.58. The molecular weight excluding hydrogens is 276 g/mol. The predicted octanol–water partition coefficient (Wildman–Crippen LogP) is 3.39. The lowest BCUT2D eigenvalue weighted by Crippen LogP contribution is -2.10. The Morgan fingerprint density at radius 1 is 1.40 bits per heavy atom. The van der Waals surface area contributed by atoms with Crippen LogP contribution in [-0.2, 0) is 4.79 Å². The van der Waals surface area contributed by atoms with Gasteiger partial charge in [-0.15, -0.1) is 11.8 Å². The Balaban J connectivity index is 2.45. The van der Waals surface area contributed by atoms with Gasteiger partial charge in [0.05, 0.1) is 25.5 Å². The van der Waals surface area contributed by atoms with Gasteiger partial charge in [0.15, 0.2) is 11.5 Å². The number of hydrogen-bond acceptors (Lipinski definition) is 4. The lowest BCUT2D eigenvalue weighted by Gasteiger charge is -2.21. The first-order valence-corrected chi connectivity index (χ1v) is 7.85. The minimum Gasteiger partial charge on any atom is -0.493 e. The van der Waals surface area contributed by atoms with Crippen LogP contribution in [0, 0.1) is 5.92 Å². The molecule has 0 saturated heterocycles. The van der Waals surface area contributed by atoms with Gasteiger partial charge in [-0.2, -0.15) is 0 Å². The van der Waals surface area contributed by atoms with Gasteiger partial charge in [0, 0.05) is 0 Å². The van der Waals surface area contributed by atoms with Crippen molar-refractivity contribution in [1.82, 2.24) is 0 Å². The van der Waals surface area contributed by atoms with Crippen molar-refractivity contribution >= 4 is 17.7 Å². The van der Waals surface area contributed by atoms with Crippen molar-refractivity contribution in [2.45, 2.75) is 30.1 Å². The van der Waals surface area contributed by atoms with E-state index in [9.17, 15) is 4.79 Å². The van der Waals surface area contributed by atoms with Crippen molar-refractivity contribution in [3.05, 3.63) is 17.7 Å². The maximum absolute atomic E-state index is 11.1. The van der Waals surface area contributed by atoms with Gasteiger partial charge < -0.3 is 14.6 Å². The molecule has 0 radical (unpaired) electrons. The summed E-state index contributed by atoms with van der Waals surface area (Å²) in [6.07, 6.45) is 4.37. The Kier molecular flexibility index (Phi) is 4.81. The van der Waals surface area contributed by atoms with Crippen LogP contribution in [0.5, 0.6) is 11.5 Å². The number of ether oxygens (including phenoxy) is 2. The Morgan fingerprint density at radius 3 is 2.55 bits per heavy atom. The van der Waals surface area contributed by atoms with Gasteiger partial charge in [0.1, 0.15) is 0 Å². The van der Waals surface area contributed by atoms with Crippen LogP contribution in [0.2, 0.25) is 0 Å². The highest BCUT2D eigenvalue weighted by molar-refractivity contribution is 7.98. The van der Waals surface area contributed by atoms with Crippen molar-refractivity contribution in [3.8, 4) is 11.5 Å². The van der Waals surface area contributed by atoms with Crippen LogP contribution in [0.25, 0.3) is 0 Å². The van der Waals surface area contributed by atoms with E-state index in [1.807, 2.05) is 18.4 Å². The van der Waals surface area contributed by atoms with Crippen molar-refractivity contribution in [2.75, 3.05) is 20.5 Å². The van der Waals surface area contributed by atoms with E-state index in [0.29, 0.717) is 17.4 Å². The minimum absolute atomic E-state index is 0.0646. The Morgan fingerprint density at radius 2 is 2.10 bits per heavy atom. The third-order valence-corrected chi connectivity index (χ3v) is 4.55. The molecule has 20 heavy (non-hydrogen) atoms. The molecule has 1 aromatic carbocycles. The van der Waals surface area contributed by atoms with Crippen molar-refractivity contribution in [1.29, 1.82) is 0 Å². The molecular formula is C15H20O4S. The summed E-state index contributed by atoms with van der Waals surface area (Å²) in [7, 11) is 3.22. The lowest BCUT2D eigenvalue weighted by atomic mass is 9.90. The third-order valence-electron chi connectivity index (χ3n) is 3.72. The van der Waals surface area contributed by atoms with Crippen LogP contribution in [-0.4, -0.2) is 31.6 Å². The molecule has 0 aromatic heterocycles. The van der Waals surface area contributed by atoms with E-state index in [1.165, 1.54) is 0 Å². The molecule has 110 valence electrons. The average molecular weight is 296 g/mol. The second-order valence-corrected chi connectivity index (χ2v) is 5.78. The highest BCUT2D eigenvalue weighted by atomic mass is 32.2. The van der Waals surface area contributed by atoms with Crippen LogP contribution in [0.4, 0.5) is 0 Å². The highest BCUT2D eigenvalue weighted by Crippen LogP contribution is 2.50. The molecule has 1 aliphatic carbocycles. The number of carboxylic acids is 1. The number of aliphatic carboxylic acids is 1. The van der Waals surface area contributed by atoms with E-state index in [0.717, 1.165) is 23.3 Å². The minimum atomic E-state index is -0.747. The largest absolute Gasteiger partial charge is 0.493 e. The molecule has 0 aliphatic heterocycles. The number of methoxy groups -OCH3 is 2. The van der Waals surface area contributed by atoms with Crippen LogP contribution < -0.4 is 9.47 Å². The molecule has 4 nitrogen and oxygen atoms in total.